The number of hydrogen-bond donors (Lipinski definition) is 1. The van der Waals surface area contributed by atoms with Crippen molar-refractivity contribution in [3.8, 4) is 17.3 Å². The molecule has 4 aromatic rings. The molecule has 2 N–H and O–H groups in total. The van der Waals surface area contributed by atoms with E-state index in [-0.39, 0.29) is 56.1 Å². The summed E-state index contributed by atoms with van der Waals surface area (Å²) in [4.78, 5) is 15.6. The molecule has 1 atom stereocenters. The first-order valence-corrected chi connectivity index (χ1v) is 15.3. The van der Waals surface area contributed by atoms with Crippen molar-refractivity contribution in [2.45, 2.75) is 60.7 Å². The van der Waals surface area contributed by atoms with Gasteiger partial charge in [0.25, 0.3) is 0 Å². The van der Waals surface area contributed by atoms with Crippen molar-refractivity contribution in [3.05, 3.63) is 40.7 Å². The van der Waals surface area contributed by atoms with Crippen molar-refractivity contribution in [2.24, 2.45) is 11.3 Å². The number of nitrogens with two attached hydrogens (primary N) is 1. The predicted octanol–water partition coefficient (Wildman–Crippen LogP) is 6.97. The number of rotatable bonds is 3. The molecule has 222 valence electrons. The molecule has 0 bridgehead atoms. The summed E-state index contributed by atoms with van der Waals surface area (Å²) >= 11 is 0.952. The quantitative estimate of drug-likeness (QED) is 0.271. The van der Waals surface area contributed by atoms with Crippen LogP contribution in [0.25, 0.3) is 32.2 Å². The lowest BCUT2D eigenvalue weighted by atomic mass is 9.77. The van der Waals surface area contributed by atoms with Gasteiger partial charge in [0.05, 0.1) is 48.6 Å². The van der Waals surface area contributed by atoms with E-state index in [4.69, 9.17) is 15.2 Å². The van der Waals surface area contributed by atoms with Crippen LogP contribution in [0.4, 0.5) is 19.7 Å². The number of fused-ring (bicyclic) bond motifs is 4. The Balaban J connectivity index is 0.000000545. The Morgan fingerprint density at radius 3 is 2.45 bits per heavy atom. The van der Waals surface area contributed by atoms with E-state index in [1.54, 1.807) is 6.20 Å². The number of nitrogens with zero attached hydrogens (tertiary/aromatic N) is 5. The maximum Gasteiger partial charge on any atom is 0.226 e. The molecule has 11 heteroatoms. The topological polar surface area (TPSA) is 110 Å². The SMILES string of the molecule is CC.CC1CN(c2ncc3c4c(c(-c5ncc(F)c6sc(N)c(C#N)c56)c(F)c3n2)COC4)CC12COC2.CCCC. The van der Waals surface area contributed by atoms with Crippen molar-refractivity contribution in [3.63, 3.8) is 0 Å². The van der Waals surface area contributed by atoms with E-state index in [9.17, 15) is 9.65 Å². The molecule has 1 spiro atoms. The van der Waals surface area contributed by atoms with Gasteiger partial charge in [-0.05, 0) is 17.0 Å². The van der Waals surface area contributed by atoms with Crippen LogP contribution in [0.15, 0.2) is 12.4 Å². The summed E-state index contributed by atoms with van der Waals surface area (Å²) in [5.74, 6) is -0.343. The summed E-state index contributed by atoms with van der Waals surface area (Å²) < 4.78 is 42.4. The maximum absolute atomic E-state index is 16.4. The number of pyridine rings is 1. The third kappa shape index (κ3) is 4.75. The van der Waals surface area contributed by atoms with Crippen LogP contribution in [-0.4, -0.2) is 41.3 Å². The number of aromatic nitrogens is 3. The number of nitriles is 1. The Bertz CT molecular complexity index is 1680. The van der Waals surface area contributed by atoms with E-state index in [1.165, 1.54) is 12.8 Å². The minimum Gasteiger partial charge on any atom is -0.389 e. The highest BCUT2D eigenvalue weighted by Crippen LogP contribution is 2.46. The summed E-state index contributed by atoms with van der Waals surface area (Å²) in [7, 11) is 0. The molecule has 0 amide bonds. The number of benzene rings is 1. The largest absolute Gasteiger partial charge is 0.389 e. The van der Waals surface area contributed by atoms with Gasteiger partial charge in [0.15, 0.2) is 11.6 Å². The van der Waals surface area contributed by atoms with Crippen molar-refractivity contribution in [2.75, 3.05) is 36.9 Å². The third-order valence-electron chi connectivity index (χ3n) is 8.34. The summed E-state index contributed by atoms with van der Waals surface area (Å²) in [5.41, 5.74) is 8.04. The van der Waals surface area contributed by atoms with E-state index in [0.717, 1.165) is 36.2 Å². The molecule has 0 aliphatic carbocycles. The molecule has 42 heavy (non-hydrogen) atoms. The summed E-state index contributed by atoms with van der Waals surface area (Å²) in [6.45, 7) is 13.9. The molecule has 1 aromatic carbocycles. The van der Waals surface area contributed by atoms with Gasteiger partial charge in [0, 0.05) is 41.0 Å². The Labute approximate surface area is 248 Å². The first kappa shape index (κ1) is 30.0. The molecule has 2 saturated heterocycles. The standard InChI is InChI=1S/C25H20F2N6O2S.C4H10.C2H6/c1-11-5-33(8-25(11)9-35-10-25)24-31-3-13-14-6-34-7-15(14)17(19(27)20(13)32-24)21-18-12(2-28)23(29)36-22(18)16(26)4-30-21;1-3-4-2;1-2/h3-4,11H,5-10,29H2,1H3;3-4H2,1-2H3;1-2H3. The van der Waals surface area contributed by atoms with Gasteiger partial charge in [-0.15, -0.1) is 11.3 Å². The third-order valence-corrected chi connectivity index (χ3v) is 9.37. The fourth-order valence-electron chi connectivity index (χ4n) is 5.71. The molecule has 6 heterocycles. The van der Waals surface area contributed by atoms with Crippen LogP contribution in [0.3, 0.4) is 0 Å². The van der Waals surface area contributed by atoms with Crippen molar-refractivity contribution in [1.82, 2.24) is 15.0 Å². The second kappa shape index (κ2) is 12.0. The van der Waals surface area contributed by atoms with Crippen molar-refractivity contribution < 1.29 is 18.3 Å². The molecule has 0 radical (unpaired) electrons. The highest BCUT2D eigenvalue weighted by Gasteiger charge is 2.50. The van der Waals surface area contributed by atoms with Crippen LogP contribution >= 0.6 is 11.3 Å². The van der Waals surface area contributed by atoms with Crippen molar-refractivity contribution >= 4 is 43.3 Å². The Hall–Kier alpha value is -3.46. The monoisotopic (exact) mass is 594 g/mol. The van der Waals surface area contributed by atoms with Gasteiger partial charge in [0.2, 0.25) is 5.95 Å². The highest BCUT2D eigenvalue weighted by atomic mass is 32.1. The highest BCUT2D eigenvalue weighted by molar-refractivity contribution is 7.23. The van der Waals surface area contributed by atoms with Crippen LogP contribution < -0.4 is 10.6 Å². The molecule has 8 nitrogen and oxygen atoms in total. The van der Waals surface area contributed by atoms with E-state index in [2.05, 4.69) is 40.6 Å². The zero-order valence-corrected chi connectivity index (χ0v) is 25.5. The van der Waals surface area contributed by atoms with Crippen LogP contribution in [-0.2, 0) is 22.7 Å². The average molecular weight is 595 g/mol. The van der Waals surface area contributed by atoms with E-state index in [1.807, 2.05) is 19.9 Å². The van der Waals surface area contributed by atoms with Gasteiger partial charge in [-0.25, -0.2) is 18.7 Å². The molecule has 7 rings (SSSR count). The second-order valence-electron chi connectivity index (χ2n) is 10.8. The molecule has 1 unspecified atom stereocenters. The number of thiophene rings is 1. The van der Waals surface area contributed by atoms with Gasteiger partial charge >= 0.3 is 0 Å². The van der Waals surface area contributed by atoms with Gasteiger partial charge in [-0.3, -0.25) is 4.98 Å². The van der Waals surface area contributed by atoms with E-state index < -0.39 is 11.6 Å². The fraction of sp³-hybridized carbons (Fsp3) is 0.484. The Morgan fingerprint density at radius 1 is 1.12 bits per heavy atom. The van der Waals surface area contributed by atoms with Crippen molar-refractivity contribution in [1.29, 1.82) is 5.26 Å². The number of unbranched alkanes of at least 4 members (excludes halogenated alkanes) is 1. The zero-order chi connectivity index (χ0) is 30.2. The fourth-order valence-corrected chi connectivity index (χ4v) is 6.63. The van der Waals surface area contributed by atoms with Gasteiger partial charge < -0.3 is 20.1 Å². The van der Waals surface area contributed by atoms with Gasteiger partial charge in [-0.2, -0.15) is 5.26 Å². The first-order chi connectivity index (χ1) is 20.3. The smallest absolute Gasteiger partial charge is 0.226 e. The minimum atomic E-state index is -0.609. The second-order valence-corrected chi connectivity index (χ2v) is 11.9. The normalized spacial score (nSPS) is 18.2. The molecule has 3 aliphatic heterocycles. The molecule has 2 fully saturated rings. The number of hydrogen-bond acceptors (Lipinski definition) is 9. The lowest BCUT2D eigenvalue weighted by Gasteiger charge is -2.40. The lowest BCUT2D eigenvalue weighted by Crippen LogP contribution is -2.48. The summed E-state index contributed by atoms with van der Waals surface area (Å²) in [5, 5.41) is 10.7. The van der Waals surface area contributed by atoms with Gasteiger partial charge in [0.1, 0.15) is 16.6 Å². The van der Waals surface area contributed by atoms with Crippen LogP contribution in [0, 0.1) is 34.3 Å². The molecular weight excluding hydrogens is 558 g/mol. The molecule has 3 aromatic heterocycles. The molecular formula is C31H36F2N6O2S. The molecule has 3 aliphatic rings. The summed E-state index contributed by atoms with van der Waals surface area (Å²) in [6.07, 6.45) is 5.33. The number of anilines is 2. The molecule has 0 saturated carbocycles. The number of ether oxygens (including phenoxy) is 2. The minimum absolute atomic E-state index is 0.0873. The average Bonchev–Trinajstić information content (AvgIpc) is 3.70. The number of halogens is 2. The summed E-state index contributed by atoms with van der Waals surface area (Å²) in [6, 6.07) is 2.03. The first-order valence-electron chi connectivity index (χ1n) is 14.5. The van der Waals surface area contributed by atoms with Gasteiger partial charge in [-0.1, -0.05) is 47.5 Å². The zero-order valence-electron chi connectivity index (χ0n) is 24.7. The van der Waals surface area contributed by atoms with E-state index >= 15 is 4.39 Å². The maximum atomic E-state index is 16.4. The van der Waals surface area contributed by atoms with Crippen LogP contribution in [0.2, 0.25) is 0 Å². The Morgan fingerprint density at radius 2 is 1.83 bits per heavy atom. The van der Waals surface area contributed by atoms with Crippen LogP contribution in [0.1, 0.15) is 64.2 Å². The predicted molar refractivity (Wildman–Crippen MR) is 162 cm³/mol. The lowest BCUT2D eigenvalue weighted by molar-refractivity contribution is -0.120. The number of nitrogen functional groups attached to an aromatic ring is 1. The Kier molecular flexibility index (Phi) is 8.60. The van der Waals surface area contributed by atoms with E-state index in [0.29, 0.717) is 36.0 Å². The van der Waals surface area contributed by atoms with Crippen LogP contribution in [0.5, 0.6) is 0 Å².